The Morgan fingerprint density at radius 1 is 1.15 bits per heavy atom. The van der Waals surface area contributed by atoms with Crippen LogP contribution in [0.2, 0.25) is 0 Å². The molecule has 1 aliphatic heterocycles. The van der Waals surface area contributed by atoms with Gasteiger partial charge in [-0.05, 0) is 42.7 Å². The number of aromatic nitrogens is 2. The Balaban J connectivity index is 1.53. The fraction of sp³-hybridized carbons (Fsp3) is 0.400. The predicted octanol–water partition coefficient (Wildman–Crippen LogP) is 4.72. The van der Waals surface area contributed by atoms with Crippen LogP contribution in [0.1, 0.15) is 43.1 Å². The molecule has 0 spiro atoms. The average Bonchev–Trinajstić information content (AvgIpc) is 3.34. The molecular weight excluding hydrogens is 582 g/mol. The minimum atomic E-state index is -4.92. The van der Waals surface area contributed by atoms with E-state index in [4.69, 9.17) is 10.2 Å². The van der Waals surface area contributed by atoms with E-state index < -0.39 is 74.5 Å². The number of carbonyl (C=O) groups is 1. The maximum absolute atomic E-state index is 15.3. The summed E-state index contributed by atoms with van der Waals surface area (Å²) < 4.78 is 116. The molecule has 41 heavy (non-hydrogen) atoms. The van der Waals surface area contributed by atoms with Crippen molar-refractivity contribution < 1.29 is 48.7 Å². The van der Waals surface area contributed by atoms with Crippen LogP contribution in [0.3, 0.4) is 0 Å². The summed E-state index contributed by atoms with van der Waals surface area (Å²) in [4.78, 5) is 13.6. The third-order valence-corrected chi connectivity index (χ3v) is 8.61. The zero-order valence-corrected chi connectivity index (χ0v) is 21.8. The number of nitrogens with two attached hydrogens (primary N) is 1. The smallest absolute Gasteiger partial charge is 0.420 e. The van der Waals surface area contributed by atoms with Crippen LogP contribution in [-0.4, -0.2) is 48.6 Å². The summed E-state index contributed by atoms with van der Waals surface area (Å²) in [6.07, 6.45) is -5.14. The lowest BCUT2D eigenvalue weighted by molar-refractivity contribution is -0.274. The van der Waals surface area contributed by atoms with Gasteiger partial charge in [0.15, 0.2) is 9.84 Å². The molecule has 2 heterocycles. The third-order valence-electron chi connectivity index (χ3n) is 6.81. The van der Waals surface area contributed by atoms with E-state index in [2.05, 4.69) is 14.9 Å². The Bertz CT molecular complexity index is 1580. The Kier molecular flexibility index (Phi) is 7.26. The highest BCUT2D eigenvalue weighted by molar-refractivity contribution is 7.91. The van der Waals surface area contributed by atoms with Crippen LogP contribution < -0.4 is 15.4 Å². The van der Waals surface area contributed by atoms with Crippen LogP contribution in [0.5, 0.6) is 5.75 Å². The first kappa shape index (κ1) is 28.9. The van der Waals surface area contributed by atoms with Gasteiger partial charge in [0, 0.05) is 18.8 Å². The number of anilines is 1. The van der Waals surface area contributed by atoms with E-state index >= 15 is 4.39 Å². The Hall–Kier alpha value is -3.66. The molecule has 0 radical (unpaired) electrons. The highest BCUT2D eigenvalue weighted by atomic mass is 32.2. The monoisotopic (exact) mass is 604 g/mol. The van der Waals surface area contributed by atoms with Crippen molar-refractivity contribution >= 4 is 21.4 Å². The zero-order valence-electron chi connectivity index (χ0n) is 21.0. The van der Waals surface area contributed by atoms with Crippen molar-refractivity contribution in [3.8, 4) is 17.2 Å². The van der Waals surface area contributed by atoms with Crippen LogP contribution >= 0.6 is 0 Å². The number of carbonyl (C=O) groups excluding carboxylic acids is 1. The fourth-order valence-electron chi connectivity index (χ4n) is 4.92. The van der Waals surface area contributed by atoms with Crippen LogP contribution in [-0.2, 0) is 21.2 Å². The quantitative estimate of drug-likeness (QED) is 0.415. The minimum Gasteiger partial charge on any atom is -0.420 e. The van der Waals surface area contributed by atoms with Crippen LogP contribution in [0.4, 0.5) is 32.0 Å². The molecule has 1 aliphatic carbocycles. The van der Waals surface area contributed by atoms with E-state index in [1.54, 1.807) is 0 Å². The van der Waals surface area contributed by atoms with E-state index in [-0.39, 0.29) is 42.1 Å². The van der Waals surface area contributed by atoms with Gasteiger partial charge in [-0.25, -0.2) is 21.6 Å². The molecule has 2 aromatic carbocycles. The number of amides is 1. The number of rotatable bonds is 5. The van der Waals surface area contributed by atoms with Crippen molar-refractivity contribution in [1.82, 2.24) is 10.2 Å². The molecule has 1 unspecified atom stereocenters. The molecule has 2 atom stereocenters. The number of nitrogens with zero attached hydrogens (tertiary/aromatic N) is 3. The maximum atomic E-state index is 15.3. The predicted molar refractivity (Wildman–Crippen MR) is 130 cm³/mol. The lowest BCUT2D eigenvalue weighted by atomic mass is 9.86. The molecule has 0 bridgehead atoms. The van der Waals surface area contributed by atoms with Crippen LogP contribution in [0.25, 0.3) is 11.5 Å². The molecular formula is C25H22F6N4O5S. The van der Waals surface area contributed by atoms with Gasteiger partial charge in [-0.3, -0.25) is 4.79 Å². The molecule has 2 N–H and O–H groups in total. The molecule has 1 fully saturated rings. The number of alkyl halides is 5. The summed E-state index contributed by atoms with van der Waals surface area (Å²) in [5.41, 5.74) is 5.46. The van der Waals surface area contributed by atoms with Gasteiger partial charge in [-0.2, -0.15) is 0 Å². The Morgan fingerprint density at radius 3 is 2.51 bits per heavy atom. The number of halogens is 6. The first-order valence-electron chi connectivity index (χ1n) is 12.3. The number of fused-ring (bicyclic) bond motifs is 1. The molecule has 9 nitrogen and oxygen atoms in total. The summed E-state index contributed by atoms with van der Waals surface area (Å²) in [5, 5.41) is 7.58. The van der Waals surface area contributed by atoms with Crippen molar-refractivity contribution in [1.29, 1.82) is 0 Å². The van der Waals surface area contributed by atoms with Crippen molar-refractivity contribution in [3.05, 3.63) is 53.7 Å². The van der Waals surface area contributed by atoms with Crippen molar-refractivity contribution in [2.24, 2.45) is 5.73 Å². The Morgan fingerprint density at radius 2 is 1.85 bits per heavy atom. The molecule has 0 saturated heterocycles. The number of ether oxygens (including phenoxy) is 1. The van der Waals surface area contributed by atoms with Gasteiger partial charge >= 0.3 is 6.36 Å². The van der Waals surface area contributed by atoms with Gasteiger partial charge in [0.1, 0.15) is 11.6 Å². The number of benzene rings is 2. The fourth-order valence-corrected chi connectivity index (χ4v) is 6.48. The molecule has 1 aromatic heterocycles. The van der Waals surface area contributed by atoms with E-state index in [1.165, 1.54) is 12.1 Å². The molecule has 1 saturated carbocycles. The summed E-state index contributed by atoms with van der Waals surface area (Å²) in [5.74, 6) is -7.51. The number of hydrogen-bond donors (Lipinski definition) is 1. The molecule has 1 amide bonds. The second-order valence-electron chi connectivity index (χ2n) is 9.90. The molecule has 16 heteroatoms. The van der Waals surface area contributed by atoms with Gasteiger partial charge in [-0.1, -0.05) is 12.1 Å². The van der Waals surface area contributed by atoms with Crippen molar-refractivity contribution in [2.75, 3.05) is 10.7 Å². The topological polar surface area (TPSA) is 129 Å². The highest BCUT2D eigenvalue weighted by Gasteiger charge is 2.40. The number of hydrogen-bond acceptors (Lipinski definition) is 8. The van der Waals surface area contributed by atoms with Gasteiger partial charge < -0.3 is 19.8 Å². The first-order chi connectivity index (χ1) is 19.1. The standard InChI is InChI=1S/C25H22F6N4O5S/c26-17-9-20-19(8-16(17)22-34-33-21(39-22)14-2-1-7-24(27,28)10-14)35(23(36)18(32)12-41(20,37)38)11-13-3-5-15(6-4-13)40-25(29,30)31/h3-6,8-9,14,18H,1-2,7,10-12,32H2/t14?,18-/m0/s1. The van der Waals surface area contributed by atoms with E-state index in [0.717, 1.165) is 23.1 Å². The minimum absolute atomic E-state index is 0.127. The second kappa shape index (κ2) is 10.3. The van der Waals surface area contributed by atoms with Crippen molar-refractivity contribution in [2.45, 2.75) is 61.4 Å². The lowest BCUT2D eigenvalue weighted by Crippen LogP contribution is -2.45. The lowest BCUT2D eigenvalue weighted by Gasteiger charge is -2.26. The molecule has 220 valence electrons. The van der Waals surface area contributed by atoms with Gasteiger partial charge in [0.05, 0.1) is 34.5 Å². The van der Waals surface area contributed by atoms with Gasteiger partial charge in [0.2, 0.25) is 17.7 Å². The van der Waals surface area contributed by atoms with E-state index in [9.17, 15) is 35.2 Å². The maximum Gasteiger partial charge on any atom is 0.573 e. The van der Waals surface area contributed by atoms with Crippen LogP contribution in [0.15, 0.2) is 45.7 Å². The summed E-state index contributed by atoms with van der Waals surface area (Å²) in [6.45, 7) is -0.349. The van der Waals surface area contributed by atoms with E-state index in [1.807, 2.05) is 0 Å². The normalized spacial score (nSPS) is 22.2. The van der Waals surface area contributed by atoms with Crippen molar-refractivity contribution in [3.63, 3.8) is 0 Å². The average molecular weight is 605 g/mol. The number of sulfone groups is 1. The molecule has 3 aromatic rings. The van der Waals surface area contributed by atoms with Crippen LogP contribution in [0, 0.1) is 5.82 Å². The molecule has 2 aliphatic rings. The zero-order chi connectivity index (χ0) is 29.7. The second-order valence-corrected chi connectivity index (χ2v) is 11.9. The Labute approximate surface area is 229 Å². The van der Waals surface area contributed by atoms with Gasteiger partial charge in [-0.15, -0.1) is 23.4 Å². The summed E-state index contributed by atoms with van der Waals surface area (Å²) >= 11 is 0. The van der Waals surface area contributed by atoms with E-state index in [0.29, 0.717) is 12.5 Å². The summed E-state index contributed by atoms with van der Waals surface area (Å²) in [6, 6.07) is 4.63. The first-order valence-corrected chi connectivity index (χ1v) is 14.0. The third kappa shape index (κ3) is 6.17. The van der Waals surface area contributed by atoms with Gasteiger partial charge in [0.25, 0.3) is 5.89 Å². The summed E-state index contributed by atoms with van der Waals surface area (Å²) in [7, 11) is -4.28. The molecule has 5 rings (SSSR count). The largest absolute Gasteiger partial charge is 0.573 e. The highest BCUT2D eigenvalue weighted by Crippen LogP contribution is 2.42. The SMILES string of the molecule is N[C@H]1CS(=O)(=O)c2cc(F)c(-c3nnc(C4CCCC(F)(F)C4)o3)cc2N(Cc2ccc(OC(F)(F)F)cc2)C1=O.